The highest BCUT2D eigenvalue weighted by Gasteiger charge is 2.71. The second kappa shape index (κ2) is 8.99. The van der Waals surface area contributed by atoms with Gasteiger partial charge in [-0.25, -0.2) is 4.57 Å². The van der Waals surface area contributed by atoms with Gasteiger partial charge in [-0.05, 0) is 36.2 Å². The normalized spacial score (nSPS) is 22.2. The highest BCUT2D eigenvalue weighted by atomic mass is 31.2. The van der Waals surface area contributed by atoms with Crippen molar-refractivity contribution in [2.24, 2.45) is 16.1 Å². The van der Waals surface area contributed by atoms with E-state index in [9.17, 15) is 9.36 Å². The van der Waals surface area contributed by atoms with Crippen molar-refractivity contribution in [1.29, 1.82) is 0 Å². The Balaban J connectivity index is 1.56. The van der Waals surface area contributed by atoms with Gasteiger partial charge >= 0.3 is 13.7 Å². The molecular weight excluding hydrogens is 451 g/mol. The average molecular weight is 476 g/mol. The molecule has 1 heterocycles. The van der Waals surface area contributed by atoms with Crippen LogP contribution in [-0.4, -0.2) is 30.4 Å². The lowest BCUT2D eigenvalue weighted by Crippen LogP contribution is -2.36. The molecule has 5 rings (SSSR count). The predicted octanol–water partition coefficient (Wildman–Crippen LogP) is 5.35. The number of para-hydroxylation sites is 2. The molecule has 7 nitrogen and oxygen atoms in total. The van der Waals surface area contributed by atoms with E-state index < -0.39 is 13.2 Å². The van der Waals surface area contributed by atoms with Gasteiger partial charge in [-0.2, -0.15) is 0 Å². The molecule has 1 aliphatic heterocycles. The van der Waals surface area contributed by atoms with E-state index in [0.717, 1.165) is 5.56 Å². The monoisotopic (exact) mass is 476 g/mol. The number of hydrogen-bond acceptors (Lipinski definition) is 5. The van der Waals surface area contributed by atoms with Crippen LogP contribution in [0.3, 0.4) is 0 Å². The Morgan fingerprint density at radius 1 is 0.941 bits per heavy atom. The minimum atomic E-state index is -4.12. The first-order valence-corrected chi connectivity index (χ1v) is 12.6. The molecule has 0 N–H and O–H groups in total. The van der Waals surface area contributed by atoms with Crippen molar-refractivity contribution in [3.63, 3.8) is 0 Å². The molecule has 8 heteroatoms. The molecule has 2 atom stereocenters. The zero-order chi connectivity index (χ0) is 23.6. The van der Waals surface area contributed by atoms with Crippen molar-refractivity contribution < 1.29 is 23.1 Å². The van der Waals surface area contributed by atoms with Gasteiger partial charge in [0.05, 0.1) is 7.11 Å². The Morgan fingerprint density at radius 3 is 2.00 bits per heavy atom. The smallest absolute Gasteiger partial charge is 0.468 e. The molecule has 0 aromatic heterocycles. The molecule has 3 aromatic rings. The van der Waals surface area contributed by atoms with Crippen LogP contribution < -0.4 is 9.05 Å². The molecule has 2 fully saturated rings. The quantitative estimate of drug-likeness (QED) is 0.322. The Bertz CT molecular complexity index is 1190. The van der Waals surface area contributed by atoms with E-state index >= 15 is 0 Å². The van der Waals surface area contributed by atoms with Crippen molar-refractivity contribution in [2.45, 2.75) is 13.0 Å². The Morgan fingerprint density at radius 2 is 1.47 bits per heavy atom. The van der Waals surface area contributed by atoms with Crippen LogP contribution in [0, 0.1) is 11.3 Å². The number of ether oxygens (including phenoxy) is 1. The second-order valence-electron chi connectivity index (χ2n) is 8.43. The largest absolute Gasteiger partial charge is 0.565 e. The van der Waals surface area contributed by atoms with Gasteiger partial charge in [0.25, 0.3) is 0 Å². The van der Waals surface area contributed by atoms with Gasteiger partial charge in [-0.3, -0.25) is 4.79 Å². The summed E-state index contributed by atoms with van der Waals surface area (Å²) >= 11 is 0. The van der Waals surface area contributed by atoms with Crippen molar-refractivity contribution in [2.75, 3.05) is 13.7 Å². The van der Waals surface area contributed by atoms with Crippen molar-refractivity contribution >= 4 is 19.6 Å². The van der Waals surface area contributed by atoms with Crippen LogP contribution in [0.1, 0.15) is 12.0 Å². The number of benzene rings is 3. The number of carbonyl (C=O) groups excluding carboxylic acids is 1. The third-order valence-electron chi connectivity index (χ3n) is 6.16. The lowest BCUT2D eigenvalue weighted by Gasteiger charge is -2.26. The molecule has 1 saturated heterocycles. The number of hydrogen-bond donors (Lipinski definition) is 0. The minimum absolute atomic E-state index is 0.0457. The van der Waals surface area contributed by atoms with E-state index in [1.165, 1.54) is 7.11 Å². The molecular formula is C26H25N2O5P. The van der Waals surface area contributed by atoms with Gasteiger partial charge in [0, 0.05) is 19.0 Å². The molecule has 1 saturated carbocycles. The summed E-state index contributed by atoms with van der Waals surface area (Å²) in [4.78, 5) is 14.9. The fraction of sp³-hybridized carbons (Fsp3) is 0.231. The lowest BCUT2D eigenvalue weighted by molar-refractivity contribution is -0.144. The maximum Gasteiger partial charge on any atom is 0.565 e. The van der Waals surface area contributed by atoms with Crippen LogP contribution in [0.4, 0.5) is 0 Å². The van der Waals surface area contributed by atoms with Gasteiger partial charge in [0.1, 0.15) is 22.7 Å². The molecule has 0 radical (unpaired) electrons. The van der Waals surface area contributed by atoms with E-state index in [0.29, 0.717) is 36.8 Å². The Hall–Kier alpha value is -3.57. The maximum atomic E-state index is 14.1. The fourth-order valence-corrected chi connectivity index (χ4v) is 5.91. The summed E-state index contributed by atoms with van der Waals surface area (Å²) in [5, 5.41) is 0. The molecule has 2 aliphatic rings. The number of methoxy groups -OCH3 is 1. The van der Waals surface area contributed by atoms with Gasteiger partial charge in [0.2, 0.25) is 0 Å². The third-order valence-corrected chi connectivity index (χ3v) is 7.47. The molecule has 0 unspecified atom stereocenters. The number of carbonyl (C=O) groups is 1. The summed E-state index contributed by atoms with van der Waals surface area (Å²) in [7, 11) is -2.75. The van der Waals surface area contributed by atoms with Crippen LogP contribution in [0.25, 0.3) is 0 Å². The van der Waals surface area contributed by atoms with E-state index in [4.69, 9.17) is 13.8 Å². The van der Waals surface area contributed by atoms with Crippen LogP contribution in [0.2, 0.25) is 0 Å². The topological polar surface area (TPSA) is 77.4 Å². The third kappa shape index (κ3) is 4.31. The van der Waals surface area contributed by atoms with Crippen molar-refractivity contribution in [3.8, 4) is 11.5 Å². The summed E-state index contributed by atoms with van der Waals surface area (Å²) in [6.45, 7) is 1.13. The van der Waals surface area contributed by atoms with E-state index in [1.54, 1.807) is 48.5 Å². The zero-order valence-corrected chi connectivity index (χ0v) is 19.6. The summed E-state index contributed by atoms with van der Waals surface area (Å²) in [5.74, 6) is 0.780. The molecule has 0 bridgehead atoms. The number of piperidine rings is 1. The molecule has 0 spiro atoms. The highest BCUT2D eigenvalue weighted by Crippen LogP contribution is 2.62. The molecule has 1 aliphatic carbocycles. The summed E-state index contributed by atoms with van der Waals surface area (Å²) < 4.78 is 35.6. The molecule has 174 valence electrons. The van der Waals surface area contributed by atoms with Gasteiger partial charge < -0.3 is 18.7 Å². The van der Waals surface area contributed by atoms with E-state index in [-0.39, 0.29) is 11.9 Å². The minimum Gasteiger partial charge on any atom is -0.468 e. The van der Waals surface area contributed by atoms with E-state index in [1.807, 2.05) is 47.4 Å². The molecule has 34 heavy (non-hydrogen) atoms. The number of nitrogens with zero attached hydrogens (tertiary/aromatic N) is 2. The Labute approximate surface area is 198 Å². The van der Waals surface area contributed by atoms with Crippen molar-refractivity contribution in [1.82, 2.24) is 4.90 Å². The zero-order valence-electron chi connectivity index (χ0n) is 18.7. The number of esters is 1. The number of rotatable bonds is 8. The van der Waals surface area contributed by atoms with Gasteiger partial charge in [-0.1, -0.05) is 66.7 Å². The van der Waals surface area contributed by atoms with E-state index in [2.05, 4.69) is 4.76 Å². The number of amidine groups is 1. The number of fused-ring (bicyclic) bond motifs is 1. The number of likely N-dealkylation sites (tertiary alicyclic amines) is 1. The van der Waals surface area contributed by atoms with Gasteiger partial charge in [0.15, 0.2) is 0 Å². The molecule has 3 aromatic carbocycles. The first-order chi connectivity index (χ1) is 16.5. The first kappa shape index (κ1) is 22.2. The van der Waals surface area contributed by atoms with Crippen molar-refractivity contribution in [3.05, 3.63) is 96.6 Å². The predicted molar refractivity (Wildman–Crippen MR) is 129 cm³/mol. The van der Waals surface area contributed by atoms with Crippen LogP contribution in [0.5, 0.6) is 11.5 Å². The summed E-state index contributed by atoms with van der Waals surface area (Å²) in [6, 6.07) is 27.4. The first-order valence-electron chi connectivity index (χ1n) is 11.1. The fourth-order valence-electron chi connectivity index (χ4n) is 4.48. The summed E-state index contributed by atoms with van der Waals surface area (Å²) in [5.41, 5.74) is 0.124. The summed E-state index contributed by atoms with van der Waals surface area (Å²) in [6.07, 6.45) is 0.598. The van der Waals surface area contributed by atoms with Crippen LogP contribution in [-0.2, 0) is 20.6 Å². The second-order valence-corrected chi connectivity index (χ2v) is 9.93. The van der Waals surface area contributed by atoms with Crippen LogP contribution in [0.15, 0.2) is 95.8 Å². The standard InChI is InChI=1S/C26H25N2O5P/c1-31-25(29)26-17-21(26)19-28(18-20-11-5-2-6-12-20)24(26)27-34(30,32-22-13-7-3-8-14-22)33-23-15-9-4-10-16-23/h2-16,21H,17-19H2,1H3/b27-24+/t21-,26+/m0/s1. The lowest BCUT2D eigenvalue weighted by atomic mass is 10.1. The van der Waals surface area contributed by atoms with Crippen LogP contribution >= 0.6 is 7.75 Å². The Kier molecular flexibility index (Phi) is 5.88. The highest BCUT2D eigenvalue weighted by molar-refractivity contribution is 7.53. The SMILES string of the molecule is COC(=O)[C@]12C[C@H]1CN(Cc1ccccc1)/C2=N/P(=O)(Oc1ccccc1)Oc1ccccc1. The van der Waals surface area contributed by atoms with Gasteiger partial charge in [-0.15, -0.1) is 4.76 Å². The average Bonchev–Trinajstić information content (AvgIpc) is 3.51. The maximum absolute atomic E-state index is 14.1. The molecule has 0 amide bonds.